The van der Waals surface area contributed by atoms with E-state index in [0.717, 1.165) is 41.3 Å². The number of fused-ring (bicyclic) bond motifs is 1. The average molecular weight is 525 g/mol. The minimum Gasteiger partial charge on any atom is -0.379 e. The number of carbonyl (C=O) groups excluding carboxylic acids is 1. The number of morpholine rings is 1. The molecule has 4 rings (SSSR count). The molecule has 1 aliphatic rings. The van der Waals surface area contributed by atoms with E-state index < -0.39 is 27.6 Å². The number of thiazole rings is 1. The molecule has 0 aliphatic carbocycles. The number of hydrogen-bond donors (Lipinski definition) is 0. The summed E-state index contributed by atoms with van der Waals surface area (Å²) in [5.74, 6) is -1.91. The number of hydrogen-bond acceptors (Lipinski definition) is 7. The Bertz CT molecular complexity index is 1310. The molecule has 0 N–H and O–H groups in total. The third-order valence-corrected chi connectivity index (χ3v) is 8.57. The molecule has 0 spiro atoms. The lowest BCUT2D eigenvalue weighted by molar-refractivity contribution is 0.0376. The van der Waals surface area contributed by atoms with Gasteiger partial charge in [-0.3, -0.25) is 14.6 Å². The van der Waals surface area contributed by atoms with Gasteiger partial charge in [-0.05, 0) is 36.8 Å². The van der Waals surface area contributed by atoms with Crippen molar-refractivity contribution in [3.05, 3.63) is 53.6 Å². The summed E-state index contributed by atoms with van der Waals surface area (Å²) in [7, 11) is -0.779. The van der Waals surface area contributed by atoms with E-state index in [2.05, 4.69) is 9.88 Å². The maximum absolute atomic E-state index is 14.3. The third kappa shape index (κ3) is 5.67. The summed E-state index contributed by atoms with van der Waals surface area (Å²) in [5.41, 5.74) is 0.268. The van der Waals surface area contributed by atoms with Crippen LogP contribution in [0.3, 0.4) is 0 Å². The van der Waals surface area contributed by atoms with Crippen LogP contribution in [0.4, 0.5) is 13.9 Å². The minimum atomic E-state index is -3.64. The van der Waals surface area contributed by atoms with Crippen LogP contribution in [0.5, 0.6) is 0 Å². The molecule has 2 aromatic carbocycles. The first kappa shape index (κ1) is 25.6. The van der Waals surface area contributed by atoms with Crippen LogP contribution in [0.25, 0.3) is 10.2 Å². The molecule has 12 heteroatoms. The molecule has 1 aliphatic heterocycles. The lowest BCUT2D eigenvalue weighted by Crippen LogP contribution is -2.39. The monoisotopic (exact) mass is 524 g/mol. The van der Waals surface area contributed by atoms with Gasteiger partial charge in [0.15, 0.2) is 10.9 Å². The van der Waals surface area contributed by atoms with Crippen LogP contribution in [-0.2, 0) is 14.8 Å². The number of nitrogens with zero attached hydrogens (tertiary/aromatic N) is 4. The zero-order valence-corrected chi connectivity index (χ0v) is 21.0. The molecule has 0 atom stereocenters. The fourth-order valence-electron chi connectivity index (χ4n) is 3.76. The number of rotatable bonds is 8. The van der Waals surface area contributed by atoms with Gasteiger partial charge < -0.3 is 4.74 Å². The molecule has 188 valence electrons. The zero-order valence-electron chi connectivity index (χ0n) is 19.4. The molecule has 0 radical (unpaired) electrons. The number of anilines is 1. The van der Waals surface area contributed by atoms with Gasteiger partial charge in [0.2, 0.25) is 10.0 Å². The van der Waals surface area contributed by atoms with E-state index in [4.69, 9.17) is 4.74 Å². The Kier molecular flexibility index (Phi) is 7.77. The Morgan fingerprint density at radius 2 is 1.83 bits per heavy atom. The average Bonchev–Trinajstić information content (AvgIpc) is 3.26. The second-order valence-electron chi connectivity index (χ2n) is 8.31. The normalized spacial score (nSPS) is 15.1. The van der Waals surface area contributed by atoms with Crippen LogP contribution >= 0.6 is 11.3 Å². The Morgan fingerprint density at radius 3 is 2.49 bits per heavy atom. The first-order chi connectivity index (χ1) is 16.7. The highest BCUT2D eigenvalue weighted by Crippen LogP contribution is 2.32. The van der Waals surface area contributed by atoms with E-state index in [1.54, 1.807) is 0 Å². The highest BCUT2D eigenvalue weighted by Gasteiger charge is 2.24. The minimum absolute atomic E-state index is 0.00445. The number of halogens is 2. The van der Waals surface area contributed by atoms with Gasteiger partial charge in [0, 0.05) is 51.9 Å². The van der Waals surface area contributed by atoms with Crippen molar-refractivity contribution in [2.45, 2.75) is 11.3 Å². The van der Waals surface area contributed by atoms with Crippen molar-refractivity contribution >= 4 is 42.6 Å². The molecule has 1 aromatic heterocycles. The van der Waals surface area contributed by atoms with Crippen molar-refractivity contribution in [2.24, 2.45) is 0 Å². The van der Waals surface area contributed by atoms with Gasteiger partial charge in [-0.2, -0.15) is 0 Å². The molecule has 35 heavy (non-hydrogen) atoms. The molecule has 1 fully saturated rings. The van der Waals surface area contributed by atoms with Crippen LogP contribution in [0.2, 0.25) is 0 Å². The van der Waals surface area contributed by atoms with E-state index in [0.29, 0.717) is 30.9 Å². The Balaban J connectivity index is 1.61. The van der Waals surface area contributed by atoms with E-state index in [1.165, 1.54) is 49.3 Å². The second-order valence-corrected chi connectivity index (χ2v) is 11.5. The summed E-state index contributed by atoms with van der Waals surface area (Å²) < 4.78 is 59.5. The highest BCUT2D eigenvalue weighted by atomic mass is 32.2. The third-order valence-electron chi connectivity index (χ3n) is 5.72. The largest absolute Gasteiger partial charge is 0.379 e. The predicted molar refractivity (Wildman–Crippen MR) is 130 cm³/mol. The van der Waals surface area contributed by atoms with Crippen molar-refractivity contribution in [1.29, 1.82) is 0 Å². The SMILES string of the molecule is CN(C)S(=O)(=O)c1ccc(C(=O)N(CCCN2CCOCC2)c2nc3c(F)cc(F)cc3s2)cc1. The number of benzene rings is 2. The van der Waals surface area contributed by atoms with Gasteiger partial charge >= 0.3 is 0 Å². The van der Waals surface area contributed by atoms with Crippen molar-refractivity contribution < 1.29 is 26.7 Å². The van der Waals surface area contributed by atoms with Crippen LogP contribution in [0.1, 0.15) is 16.8 Å². The summed E-state index contributed by atoms with van der Waals surface area (Å²) in [5, 5.41) is 0.251. The number of ether oxygens (including phenoxy) is 1. The number of sulfonamides is 1. The van der Waals surface area contributed by atoms with E-state index in [9.17, 15) is 22.0 Å². The quantitative estimate of drug-likeness (QED) is 0.450. The van der Waals surface area contributed by atoms with Gasteiger partial charge in [-0.1, -0.05) is 11.3 Å². The fraction of sp³-hybridized carbons (Fsp3) is 0.391. The molecular formula is C23H26F2N4O4S2. The summed E-state index contributed by atoms with van der Waals surface area (Å²) in [6.45, 7) is 3.97. The van der Waals surface area contributed by atoms with E-state index in [1.807, 2.05) is 0 Å². The smallest absolute Gasteiger partial charge is 0.260 e. The van der Waals surface area contributed by atoms with Crippen molar-refractivity contribution in [1.82, 2.24) is 14.2 Å². The number of amides is 1. The lowest BCUT2D eigenvalue weighted by Gasteiger charge is -2.27. The molecule has 1 amide bonds. The topological polar surface area (TPSA) is 83.1 Å². The molecule has 1 saturated heterocycles. The Hall–Kier alpha value is -2.51. The fourth-order valence-corrected chi connectivity index (χ4v) is 5.69. The predicted octanol–water partition coefficient (Wildman–Crippen LogP) is 3.19. The van der Waals surface area contributed by atoms with Crippen molar-refractivity contribution in [2.75, 3.05) is 58.4 Å². The van der Waals surface area contributed by atoms with Gasteiger partial charge in [0.1, 0.15) is 11.3 Å². The van der Waals surface area contributed by atoms with Crippen LogP contribution in [-0.4, -0.2) is 82.0 Å². The Labute approximate surface area is 206 Å². The van der Waals surface area contributed by atoms with Gasteiger partial charge in [0.25, 0.3) is 5.91 Å². The second kappa shape index (κ2) is 10.6. The first-order valence-corrected chi connectivity index (χ1v) is 13.3. The molecule has 0 saturated carbocycles. The van der Waals surface area contributed by atoms with Crippen LogP contribution in [0, 0.1) is 11.6 Å². The molecule has 0 bridgehead atoms. The molecule has 3 aromatic rings. The van der Waals surface area contributed by atoms with Crippen LogP contribution in [0.15, 0.2) is 41.3 Å². The zero-order chi connectivity index (χ0) is 25.2. The van der Waals surface area contributed by atoms with Gasteiger partial charge in [0.05, 0.1) is 22.8 Å². The summed E-state index contributed by atoms with van der Waals surface area (Å²) in [6.07, 6.45) is 0.631. The maximum atomic E-state index is 14.3. The standard InChI is InChI=1S/C23H26F2N4O4S2/c1-27(2)35(31,32)18-6-4-16(5-7-18)22(30)29(9-3-8-28-10-12-33-13-11-28)23-26-21-19(25)14-17(24)15-20(21)34-23/h4-7,14-15H,3,8-13H2,1-2H3. The summed E-state index contributed by atoms with van der Waals surface area (Å²) >= 11 is 1.03. The number of carbonyl (C=O) groups is 1. The van der Waals surface area contributed by atoms with E-state index >= 15 is 0 Å². The van der Waals surface area contributed by atoms with Crippen LogP contribution < -0.4 is 4.90 Å². The lowest BCUT2D eigenvalue weighted by atomic mass is 10.2. The molecule has 0 unspecified atom stereocenters. The van der Waals surface area contributed by atoms with E-state index in [-0.39, 0.29) is 21.1 Å². The first-order valence-electron chi connectivity index (χ1n) is 11.1. The van der Waals surface area contributed by atoms with Gasteiger partial charge in [-0.25, -0.2) is 26.5 Å². The summed E-state index contributed by atoms with van der Waals surface area (Å²) in [6, 6.07) is 7.60. The Morgan fingerprint density at radius 1 is 1.14 bits per heavy atom. The molecular weight excluding hydrogens is 498 g/mol. The number of aromatic nitrogens is 1. The van der Waals surface area contributed by atoms with Crippen molar-refractivity contribution in [3.63, 3.8) is 0 Å². The molecule has 8 nitrogen and oxygen atoms in total. The highest BCUT2D eigenvalue weighted by molar-refractivity contribution is 7.89. The van der Waals surface area contributed by atoms with Crippen molar-refractivity contribution in [3.8, 4) is 0 Å². The maximum Gasteiger partial charge on any atom is 0.260 e. The summed E-state index contributed by atoms with van der Waals surface area (Å²) in [4.78, 5) is 21.5. The molecule has 2 heterocycles. The van der Waals surface area contributed by atoms with Gasteiger partial charge in [-0.15, -0.1) is 0 Å².